The van der Waals surface area contributed by atoms with Crippen molar-refractivity contribution in [1.29, 1.82) is 0 Å². The Bertz CT molecular complexity index is 584. The van der Waals surface area contributed by atoms with Crippen LogP contribution in [0.15, 0.2) is 48.5 Å². The summed E-state index contributed by atoms with van der Waals surface area (Å²) >= 11 is 0. The zero-order valence-electron chi connectivity index (χ0n) is 9.54. The first kappa shape index (κ1) is 11.3. The molecule has 0 N–H and O–H groups in total. The van der Waals surface area contributed by atoms with Crippen LogP contribution < -0.4 is 0 Å². The van der Waals surface area contributed by atoms with Crippen molar-refractivity contribution < 1.29 is 13.2 Å². The molecule has 3 rings (SSSR count). The van der Waals surface area contributed by atoms with Crippen LogP contribution in [0.5, 0.6) is 0 Å². The molecule has 0 spiro atoms. The molecule has 2 aromatic carbocycles. The van der Waals surface area contributed by atoms with Crippen molar-refractivity contribution in [3.63, 3.8) is 0 Å². The van der Waals surface area contributed by atoms with Gasteiger partial charge in [0.2, 0.25) is 0 Å². The predicted octanol–water partition coefficient (Wildman–Crippen LogP) is 4.56. The van der Waals surface area contributed by atoms with Gasteiger partial charge in [0.25, 0.3) is 0 Å². The van der Waals surface area contributed by atoms with Crippen molar-refractivity contribution in [3.8, 4) is 11.1 Å². The van der Waals surface area contributed by atoms with Crippen LogP contribution >= 0.6 is 0 Å². The molecule has 0 nitrogen and oxygen atoms in total. The van der Waals surface area contributed by atoms with E-state index in [0.717, 1.165) is 11.1 Å². The summed E-state index contributed by atoms with van der Waals surface area (Å²) in [5.74, 6) is -1.39. The van der Waals surface area contributed by atoms with Crippen molar-refractivity contribution in [2.45, 2.75) is 18.5 Å². The van der Waals surface area contributed by atoms with Gasteiger partial charge in [-0.3, -0.25) is 0 Å². The average Bonchev–Trinajstić information content (AvgIpc) is 2.37. The first-order valence-electron chi connectivity index (χ1n) is 5.81. The molecular weight excluding hydrogens is 237 g/mol. The van der Waals surface area contributed by atoms with E-state index in [1.165, 1.54) is 0 Å². The van der Waals surface area contributed by atoms with E-state index >= 15 is 0 Å². The number of halogens is 3. The minimum Gasteiger partial charge on any atom is -0.170 e. The highest BCUT2D eigenvalue weighted by atomic mass is 19.4. The summed E-state index contributed by atoms with van der Waals surface area (Å²) in [4.78, 5) is 0. The third kappa shape index (κ3) is 1.70. The van der Waals surface area contributed by atoms with Gasteiger partial charge in [0, 0.05) is 0 Å². The lowest BCUT2D eigenvalue weighted by atomic mass is 9.78. The molecule has 0 heterocycles. The monoisotopic (exact) mass is 248 g/mol. The van der Waals surface area contributed by atoms with Crippen LogP contribution in [-0.4, -0.2) is 6.18 Å². The van der Waals surface area contributed by atoms with Crippen LogP contribution in [-0.2, 0) is 6.42 Å². The minimum absolute atomic E-state index is 0.0384. The van der Waals surface area contributed by atoms with Crippen molar-refractivity contribution in [1.82, 2.24) is 0 Å². The van der Waals surface area contributed by atoms with Crippen LogP contribution in [0.2, 0.25) is 0 Å². The fraction of sp³-hybridized carbons (Fsp3) is 0.200. The van der Waals surface area contributed by atoms with Gasteiger partial charge in [-0.25, -0.2) is 0 Å². The molecule has 18 heavy (non-hydrogen) atoms. The average molecular weight is 248 g/mol. The molecule has 0 amide bonds. The number of fused-ring (bicyclic) bond motifs is 3. The maximum Gasteiger partial charge on any atom is 0.396 e. The summed E-state index contributed by atoms with van der Waals surface area (Å²) in [6, 6.07) is 14.1. The predicted molar refractivity (Wildman–Crippen MR) is 64.4 cm³/mol. The third-order valence-electron chi connectivity index (χ3n) is 3.46. The number of hydrogen-bond donors (Lipinski definition) is 0. The van der Waals surface area contributed by atoms with Gasteiger partial charge in [0.15, 0.2) is 0 Å². The Balaban J connectivity index is 2.23. The smallest absolute Gasteiger partial charge is 0.170 e. The zero-order chi connectivity index (χ0) is 12.8. The van der Waals surface area contributed by atoms with Crippen molar-refractivity contribution in [2.24, 2.45) is 0 Å². The molecule has 0 fully saturated rings. The van der Waals surface area contributed by atoms with E-state index in [2.05, 4.69) is 0 Å². The summed E-state index contributed by atoms with van der Waals surface area (Å²) in [6.07, 6.45) is -4.15. The Kier molecular flexibility index (Phi) is 2.44. The van der Waals surface area contributed by atoms with Crippen LogP contribution in [0.4, 0.5) is 13.2 Å². The SMILES string of the molecule is FC(F)(F)C1Cc2ccccc2-c2ccccc21. The highest BCUT2D eigenvalue weighted by Gasteiger charge is 2.43. The highest BCUT2D eigenvalue weighted by molar-refractivity contribution is 5.74. The summed E-state index contributed by atoms with van der Waals surface area (Å²) < 4.78 is 39.3. The molecule has 0 aromatic heterocycles. The molecule has 0 bridgehead atoms. The molecule has 1 unspecified atom stereocenters. The van der Waals surface area contributed by atoms with E-state index < -0.39 is 12.1 Å². The first-order valence-corrected chi connectivity index (χ1v) is 5.81. The van der Waals surface area contributed by atoms with Crippen molar-refractivity contribution in [2.75, 3.05) is 0 Å². The second-order valence-electron chi connectivity index (χ2n) is 4.54. The lowest BCUT2D eigenvalue weighted by Crippen LogP contribution is -2.26. The van der Waals surface area contributed by atoms with Gasteiger partial charge in [0.05, 0.1) is 5.92 Å². The zero-order valence-corrected chi connectivity index (χ0v) is 9.54. The summed E-state index contributed by atoms with van der Waals surface area (Å²) in [5.41, 5.74) is 2.80. The fourth-order valence-electron chi connectivity index (χ4n) is 2.63. The van der Waals surface area contributed by atoms with Gasteiger partial charge in [-0.05, 0) is 28.7 Å². The van der Waals surface area contributed by atoms with Crippen molar-refractivity contribution in [3.05, 3.63) is 59.7 Å². The van der Waals surface area contributed by atoms with E-state index in [9.17, 15) is 13.2 Å². The lowest BCUT2D eigenvalue weighted by molar-refractivity contribution is -0.150. The molecule has 92 valence electrons. The molecule has 1 aliphatic rings. The normalized spacial score (nSPS) is 18.1. The molecule has 0 radical (unpaired) electrons. The van der Waals surface area contributed by atoms with Gasteiger partial charge in [-0.15, -0.1) is 0 Å². The Morgan fingerprint density at radius 1 is 0.833 bits per heavy atom. The van der Waals surface area contributed by atoms with E-state index in [4.69, 9.17) is 0 Å². The lowest BCUT2D eigenvalue weighted by Gasteiger charge is -2.29. The maximum atomic E-state index is 13.1. The number of benzene rings is 2. The molecule has 1 aliphatic carbocycles. The Morgan fingerprint density at radius 2 is 1.44 bits per heavy atom. The standard InChI is InChI=1S/C15H11F3/c16-15(17,18)14-9-10-5-1-2-6-11(10)12-7-3-4-8-13(12)14/h1-8,14H,9H2. The molecule has 3 heteroatoms. The molecule has 2 aromatic rings. The molecular formula is C15H11F3. The maximum absolute atomic E-state index is 13.1. The second kappa shape index (κ2) is 3.87. The summed E-state index contributed by atoms with van der Waals surface area (Å²) in [7, 11) is 0. The van der Waals surface area contributed by atoms with Gasteiger partial charge in [-0.1, -0.05) is 48.5 Å². The van der Waals surface area contributed by atoms with Gasteiger partial charge < -0.3 is 0 Å². The highest BCUT2D eigenvalue weighted by Crippen LogP contribution is 2.46. The largest absolute Gasteiger partial charge is 0.396 e. The number of hydrogen-bond acceptors (Lipinski definition) is 0. The van der Waals surface area contributed by atoms with Crippen LogP contribution in [0.3, 0.4) is 0 Å². The quantitative estimate of drug-likeness (QED) is 0.641. The van der Waals surface area contributed by atoms with Gasteiger partial charge in [-0.2, -0.15) is 13.2 Å². The third-order valence-corrected chi connectivity index (χ3v) is 3.46. The molecule has 0 saturated heterocycles. The van der Waals surface area contributed by atoms with E-state index in [1.54, 1.807) is 36.4 Å². The Morgan fingerprint density at radius 3 is 2.17 bits per heavy atom. The summed E-state index contributed by atoms with van der Waals surface area (Å²) in [5, 5.41) is 0. The van der Waals surface area contributed by atoms with Gasteiger partial charge in [0.1, 0.15) is 0 Å². The van der Waals surface area contributed by atoms with Crippen LogP contribution in [0, 0.1) is 0 Å². The molecule has 1 atom stereocenters. The van der Waals surface area contributed by atoms with Crippen LogP contribution in [0.25, 0.3) is 11.1 Å². The Hall–Kier alpha value is -1.77. The number of rotatable bonds is 0. The van der Waals surface area contributed by atoms with Crippen molar-refractivity contribution >= 4 is 0 Å². The van der Waals surface area contributed by atoms with E-state index in [-0.39, 0.29) is 6.42 Å². The summed E-state index contributed by atoms with van der Waals surface area (Å²) in [6.45, 7) is 0. The fourth-order valence-corrected chi connectivity index (χ4v) is 2.63. The van der Waals surface area contributed by atoms with E-state index in [1.807, 2.05) is 12.1 Å². The topological polar surface area (TPSA) is 0 Å². The first-order chi connectivity index (χ1) is 8.57. The van der Waals surface area contributed by atoms with E-state index in [0.29, 0.717) is 11.1 Å². The molecule has 0 aliphatic heterocycles. The second-order valence-corrected chi connectivity index (χ2v) is 4.54. The molecule has 0 saturated carbocycles. The minimum atomic E-state index is -4.19. The van der Waals surface area contributed by atoms with Crippen LogP contribution in [0.1, 0.15) is 17.0 Å². The van der Waals surface area contributed by atoms with Gasteiger partial charge >= 0.3 is 6.18 Å². The Labute approximate surface area is 103 Å². The number of alkyl halides is 3.